The molecule has 28 heavy (non-hydrogen) atoms. The Morgan fingerprint density at radius 2 is 1.71 bits per heavy atom. The zero-order chi connectivity index (χ0) is 20.5. The lowest BCUT2D eigenvalue weighted by molar-refractivity contribution is -0.384. The summed E-state index contributed by atoms with van der Waals surface area (Å²) in [5.74, 6) is -0.263. The van der Waals surface area contributed by atoms with Crippen LogP contribution in [-0.2, 0) is 16.1 Å². The van der Waals surface area contributed by atoms with E-state index in [1.807, 2.05) is 44.2 Å². The highest BCUT2D eigenvalue weighted by atomic mass is 16.6. The van der Waals surface area contributed by atoms with Crippen LogP contribution >= 0.6 is 0 Å². The molecule has 2 rings (SSSR count). The van der Waals surface area contributed by atoms with Crippen molar-refractivity contribution >= 4 is 23.4 Å². The van der Waals surface area contributed by atoms with Crippen LogP contribution in [-0.4, -0.2) is 23.0 Å². The molecule has 2 aromatic rings. The molecular weight excluding hydrogens is 362 g/mol. The van der Waals surface area contributed by atoms with Crippen LogP contribution < -0.4 is 10.6 Å². The summed E-state index contributed by atoms with van der Waals surface area (Å²) in [6.07, 6.45) is -0.271. The third-order valence-electron chi connectivity index (χ3n) is 3.87. The van der Waals surface area contributed by atoms with Gasteiger partial charge in [0.05, 0.1) is 4.92 Å². The van der Waals surface area contributed by atoms with Crippen molar-refractivity contribution in [3.8, 4) is 0 Å². The van der Waals surface area contributed by atoms with Crippen molar-refractivity contribution in [3.05, 3.63) is 70.3 Å². The number of carbonyl (C=O) groups excluding carboxylic acids is 2. The number of rotatable bonds is 8. The minimum Gasteiger partial charge on any atom is -0.445 e. The molecule has 0 bridgehead atoms. The van der Waals surface area contributed by atoms with Crippen molar-refractivity contribution in [2.45, 2.75) is 32.9 Å². The van der Waals surface area contributed by atoms with E-state index in [1.165, 1.54) is 24.3 Å². The lowest BCUT2D eigenvalue weighted by atomic mass is 10.0. The average Bonchev–Trinajstić information content (AvgIpc) is 2.66. The first-order valence-corrected chi connectivity index (χ1v) is 8.87. The molecule has 148 valence electrons. The molecule has 1 atom stereocenters. The summed E-state index contributed by atoms with van der Waals surface area (Å²) >= 11 is 0. The number of ether oxygens (including phenoxy) is 1. The van der Waals surface area contributed by atoms with E-state index in [0.29, 0.717) is 12.1 Å². The summed E-state index contributed by atoms with van der Waals surface area (Å²) in [6.45, 7) is 3.97. The molecule has 0 radical (unpaired) electrons. The van der Waals surface area contributed by atoms with Crippen LogP contribution in [0.5, 0.6) is 0 Å². The van der Waals surface area contributed by atoms with Crippen molar-refractivity contribution < 1.29 is 19.2 Å². The molecule has 0 fully saturated rings. The number of nitrogens with one attached hydrogen (secondary N) is 2. The van der Waals surface area contributed by atoms with Crippen molar-refractivity contribution in [3.63, 3.8) is 0 Å². The Morgan fingerprint density at radius 3 is 2.29 bits per heavy atom. The van der Waals surface area contributed by atoms with Gasteiger partial charge in [-0.2, -0.15) is 0 Å². The number of alkyl carbamates (subject to hydrolysis) is 1. The molecule has 2 amide bonds. The monoisotopic (exact) mass is 385 g/mol. The van der Waals surface area contributed by atoms with E-state index in [9.17, 15) is 19.7 Å². The van der Waals surface area contributed by atoms with Gasteiger partial charge in [0.1, 0.15) is 12.6 Å². The first kappa shape index (κ1) is 20.9. The molecule has 0 spiro atoms. The lowest BCUT2D eigenvalue weighted by Crippen LogP contribution is -2.44. The molecule has 0 saturated carbocycles. The second kappa shape index (κ2) is 10.1. The Morgan fingerprint density at radius 1 is 1.07 bits per heavy atom. The summed E-state index contributed by atoms with van der Waals surface area (Å²) in [5.41, 5.74) is 1.18. The van der Waals surface area contributed by atoms with Crippen molar-refractivity contribution in [2.24, 2.45) is 5.92 Å². The van der Waals surface area contributed by atoms with Gasteiger partial charge in [-0.15, -0.1) is 0 Å². The highest BCUT2D eigenvalue weighted by Gasteiger charge is 2.23. The molecule has 8 nitrogen and oxygen atoms in total. The van der Waals surface area contributed by atoms with Crippen LogP contribution in [0, 0.1) is 16.0 Å². The fraction of sp³-hybridized carbons (Fsp3) is 0.300. The van der Waals surface area contributed by atoms with Gasteiger partial charge < -0.3 is 15.4 Å². The Labute approximate surface area is 163 Å². The Balaban J connectivity index is 1.95. The van der Waals surface area contributed by atoms with E-state index in [1.54, 1.807) is 0 Å². The van der Waals surface area contributed by atoms with Gasteiger partial charge in [-0.05, 0) is 30.0 Å². The normalized spacial score (nSPS) is 11.5. The highest BCUT2D eigenvalue weighted by Crippen LogP contribution is 2.16. The van der Waals surface area contributed by atoms with E-state index in [-0.39, 0.29) is 18.2 Å². The van der Waals surface area contributed by atoms with Crippen molar-refractivity contribution in [1.29, 1.82) is 0 Å². The van der Waals surface area contributed by atoms with Crippen LogP contribution in [0.15, 0.2) is 54.6 Å². The number of hydrogen-bond acceptors (Lipinski definition) is 5. The van der Waals surface area contributed by atoms with Gasteiger partial charge in [0.2, 0.25) is 5.91 Å². The molecule has 2 aromatic carbocycles. The van der Waals surface area contributed by atoms with Crippen LogP contribution in [0.2, 0.25) is 0 Å². The van der Waals surface area contributed by atoms with Gasteiger partial charge in [0.15, 0.2) is 0 Å². The lowest BCUT2D eigenvalue weighted by Gasteiger charge is -2.20. The van der Waals surface area contributed by atoms with Gasteiger partial charge in [0.25, 0.3) is 5.69 Å². The third-order valence-corrected chi connectivity index (χ3v) is 3.87. The van der Waals surface area contributed by atoms with Crippen LogP contribution in [0.1, 0.15) is 25.8 Å². The SMILES string of the molecule is CC(C)C[C@H](NC(=O)OCc1ccccc1)C(=O)Nc1ccc([N+](=O)[O-])cc1. The van der Waals surface area contributed by atoms with Gasteiger partial charge >= 0.3 is 6.09 Å². The van der Waals surface area contributed by atoms with Gasteiger partial charge in [-0.1, -0.05) is 44.2 Å². The van der Waals surface area contributed by atoms with Crippen LogP contribution in [0.25, 0.3) is 0 Å². The fourth-order valence-electron chi connectivity index (χ4n) is 2.51. The van der Waals surface area contributed by atoms with E-state index < -0.39 is 23.0 Å². The maximum atomic E-state index is 12.6. The molecule has 0 aliphatic heterocycles. The summed E-state index contributed by atoms with van der Waals surface area (Å²) in [4.78, 5) is 34.8. The minimum absolute atomic E-state index is 0.0701. The number of carbonyl (C=O) groups is 2. The zero-order valence-electron chi connectivity index (χ0n) is 15.8. The molecule has 0 aromatic heterocycles. The largest absolute Gasteiger partial charge is 0.445 e. The second-order valence-corrected chi connectivity index (χ2v) is 6.68. The molecule has 8 heteroatoms. The first-order chi connectivity index (χ1) is 13.3. The number of non-ortho nitro benzene ring substituents is 1. The molecule has 0 saturated heterocycles. The number of benzene rings is 2. The first-order valence-electron chi connectivity index (χ1n) is 8.87. The topological polar surface area (TPSA) is 111 Å². The molecule has 0 heterocycles. The number of nitrogens with zero attached hydrogens (tertiary/aromatic N) is 1. The van der Waals surface area contributed by atoms with E-state index >= 15 is 0 Å². The highest BCUT2D eigenvalue weighted by molar-refractivity contribution is 5.96. The summed E-state index contributed by atoms with van der Waals surface area (Å²) < 4.78 is 5.18. The molecule has 0 unspecified atom stereocenters. The Kier molecular flexibility index (Phi) is 7.50. The Bertz CT molecular complexity index is 806. The van der Waals surface area contributed by atoms with Crippen LogP contribution in [0.3, 0.4) is 0 Å². The fourth-order valence-corrected chi connectivity index (χ4v) is 2.51. The molecule has 2 N–H and O–H groups in total. The molecular formula is C20H23N3O5. The standard InChI is InChI=1S/C20H23N3O5/c1-14(2)12-18(22-20(25)28-13-15-6-4-3-5-7-15)19(24)21-16-8-10-17(11-9-16)23(26)27/h3-11,14,18H,12-13H2,1-2H3,(H,21,24)(H,22,25)/t18-/m0/s1. The summed E-state index contributed by atoms with van der Waals surface area (Å²) in [6, 6.07) is 13.9. The third kappa shape index (κ3) is 6.71. The predicted molar refractivity (Wildman–Crippen MR) is 105 cm³/mol. The quantitative estimate of drug-likeness (QED) is 0.529. The average molecular weight is 385 g/mol. The number of nitro groups is 1. The summed E-state index contributed by atoms with van der Waals surface area (Å²) in [5, 5.41) is 16.0. The van der Waals surface area contributed by atoms with Crippen molar-refractivity contribution in [1.82, 2.24) is 5.32 Å². The van der Waals surface area contributed by atoms with Crippen molar-refractivity contribution in [2.75, 3.05) is 5.32 Å². The minimum atomic E-state index is -0.793. The van der Waals surface area contributed by atoms with Gasteiger partial charge in [-0.25, -0.2) is 4.79 Å². The van der Waals surface area contributed by atoms with E-state index in [0.717, 1.165) is 5.56 Å². The maximum Gasteiger partial charge on any atom is 0.408 e. The van der Waals surface area contributed by atoms with Gasteiger partial charge in [-0.3, -0.25) is 14.9 Å². The number of hydrogen-bond donors (Lipinski definition) is 2. The van der Waals surface area contributed by atoms with Crippen LogP contribution in [0.4, 0.5) is 16.2 Å². The maximum absolute atomic E-state index is 12.6. The summed E-state index contributed by atoms with van der Waals surface area (Å²) in [7, 11) is 0. The predicted octanol–water partition coefficient (Wildman–Crippen LogP) is 3.87. The second-order valence-electron chi connectivity index (χ2n) is 6.68. The van der Waals surface area contributed by atoms with Gasteiger partial charge in [0, 0.05) is 17.8 Å². The zero-order valence-corrected chi connectivity index (χ0v) is 15.8. The van der Waals surface area contributed by atoms with E-state index in [2.05, 4.69) is 10.6 Å². The smallest absolute Gasteiger partial charge is 0.408 e. The number of anilines is 1. The van der Waals surface area contributed by atoms with E-state index in [4.69, 9.17) is 4.74 Å². The number of amides is 2. The molecule has 0 aliphatic rings. The molecule has 0 aliphatic carbocycles. The Hall–Kier alpha value is -3.42. The number of nitro benzene ring substituents is 1.